The van der Waals surface area contributed by atoms with Gasteiger partial charge in [0.2, 0.25) is 0 Å². The van der Waals surface area contributed by atoms with Gasteiger partial charge in [0, 0.05) is 7.14 Å². The van der Waals surface area contributed by atoms with Crippen molar-refractivity contribution in [3.05, 3.63) is 50.7 Å². The second kappa shape index (κ2) is 11.6. The van der Waals surface area contributed by atoms with Crippen molar-refractivity contribution >= 4 is 90.4 Å². The number of ether oxygens (including phenoxy) is 2. The maximum absolute atomic E-state index is 5.96. The Morgan fingerprint density at radius 1 is 0.667 bits per heavy atom. The van der Waals surface area contributed by atoms with Gasteiger partial charge in [-0.05, 0) is 146 Å². The smallest absolute Gasteiger partial charge is 0.145 e. The molecule has 6 heteroatoms. The molecular weight excluding hydrogens is 756 g/mol. The van der Waals surface area contributed by atoms with Crippen molar-refractivity contribution in [3.63, 3.8) is 0 Å². The fourth-order valence-corrected chi connectivity index (χ4v) is 6.55. The normalized spacial score (nSPS) is 10.7. The lowest BCUT2D eigenvalue weighted by atomic mass is 10.2. The molecule has 2 aromatic rings. The summed E-state index contributed by atoms with van der Waals surface area (Å²) in [6.45, 7) is 1.57. The molecular formula is C18H18I4O2. The van der Waals surface area contributed by atoms with Crippen molar-refractivity contribution in [3.8, 4) is 11.5 Å². The third-order valence-corrected chi connectivity index (χ3v) is 6.21. The van der Waals surface area contributed by atoms with E-state index in [1.54, 1.807) is 0 Å². The summed E-state index contributed by atoms with van der Waals surface area (Å²) >= 11 is 9.34. The number of rotatable bonds is 9. The number of benzene rings is 2. The first-order valence-corrected chi connectivity index (χ1v) is 12.0. The van der Waals surface area contributed by atoms with Crippen LogP contribution in [0.15, 0.2) is 36.4 Å². The molecule has 24 heavy (non-hydrogen) atoms. The molecule has 0 aliphatic rings. The molecule has 0 saturated carbocycles. The van der Waals surface area contributed by atoms with Gasteiger partial charge in [-0.3, -0.25) is 0 Å². The van der Waals surface area contributed by atoms with E-state index in [1.165, 1.54) is 27.1 Å². The molecule has 2 rings (SSSR count). The number of unbranched alkanes of at least 4 members (excludes halogenated alkanes) is 3. The van der Waals surface area contributed by atoms with E-state index in [0.29, 0.717) is 0 Å². The van der Waals surface area contributed by atoms with Crippen molar-refractivity contribution < 1.29 is 9.47 Å². The molecule has 0 bridgehead atoms. The summed E-state index contributed by atoms with van der Waals surface area (Å²) in [6, 6.07) is 12.5. The predicted octanol–water partition coefficient (Wildman–Crippen LogP) is 7.12. The van der Waals surface area contributed by atoms with E-state index in [2.05, 4.69) is 115 Å². The van der Waals surface area contributed by atoms with Crippen LogP contribution in [-0.4, -0.2) is 13.2 Å². The van der Waals surface area contributed by atoms with Gasteiger partial charge in [-0.25, -0.2) is 0 Å². The van der Waals surface area contributed by atoms with Crippen molar-refractivity contribution in [1.29, 1.82) is 0 Å². The van der Waals surface area contributed by atoms with Crippen LogP contribution in [-0.2, 0) is 0 Å². The Kier molecular flexibility index (Phi) is 10.3. The molecule has 0 amide bonds. The van der Waals surface area contributed by atoms with Crippen LogP contribution in [0.3, 0.4) is 0 Å². The topological polar surface area (TPSA) is 18.5 Å². The lowest BCUT2D eigenvalue weighted by Gasteiger charge is -2.11. The summed E-state index contributed by atoms with van der Waals surface area (Å²) in [7, 11) is 0. The highest BCUT2D eigenvalue weighted by atomic mass is 127. The van der Waals surface area contributed by atoms with Crippen molar-refractivity contribution in [2.75, 3.05) is 13.2 Å². The highest BCUT2D eigenvalue weighted by Crippen LogP contribution is 2.29. The minimum Gasteiger partial charge on any atom is -0.494 e. The maximum atomic E-state index is 5.96. The molecule has 0 heterocycles. The van der Waals surface area contributed by atoms with E-state index in [0.717, 1.165) is 37.6 Å². The SMILES string of the molecule is Ic1cccc(OCCCCCCOc2c(I)cc(I)cc2I)c1. The molecule has 0 unspecified atom stereocenters. The Morgan fingerprint density at radius 3 is 1.92 bits per heavy atom. The zero-order chi connectivity index (χ0) is 17.4. The molecule has 0 aliphatic heterocycles. The largest absolute Gasteiger partial charge is 0.494 e. The van der Waals surface area contributed by atoms with Gasteiger partial charge < -0.3 is 9.47 Å². The van der Waals surface area contributed by atoms with Gasteiger partial charge in [0.15, 0.2) is 0 Å². The summed E-state index contributed by atoms with van der Waals surface area (Å²) in [4.78, 5) is 0. The van der Waals surface area contributed by atoms with E-state index in [1.807, 2.05) is 12.1 Å². The molecule has 0 fully saturated rings. The standard InChI is InChI=1S/C18H18I4O2/c19-13-6-5-7-15(10-13)23-8-3-1-2-4-9-24-18-16(21)11-14(20)12-17(18)22/h5-7,10-12H,1-4,8-9H2. The van der Waals surface area contributed by atoms with Crippen LogP contribution in [0.2, 0.25) is 0 Å². The van der Waals surface area contributed by atoms with E-state index in [-0.39, 0.29) is 0 Å². The minimum absolute atomic E-state index is 0.782. The number of hydrogen-bond acceptors (Lipinski definition) is 2. The van der Waals surface area contributed by atoms with Gasteiger partial charge in [0.25, 0.3) is 0 Å². The summed E-state index contributed by atoms with van der Waals surface area (Å²) < 4.78 is 16.6. The Bertz CT molecular complexity index is 638. The van der Waals surface area contributed by atoms with Crippen molar-refractivity contribution in [1.82, 2.24) is 0 Å². The Labute approximate surface area is 198 Å². The average molecular weight is 774 g/mol. The first-order chi connectivity index (χ1) is 11.6. The molecule has 0 radical (unpaired) electrons. The fraction of sp³-hybridized carbons (Fsp3) is 0.333. The first-order valence-electron chi connectivity index (χ1n) is 7.72. The Hall–Kier alpha value is 0.960. The maximum Gasteiger partial charge on any atom is 0.145 e. The van der Waals surface area contributed by atoms with Crippen LogP contribution >= 0.6 is 90.4 Å². The molecule has 2 nitrogen and oxygen atoms in total. The van der Waals surface area contributed by atoms with Crippen LogP contribution in [0, 0.1) is 14.3 Å². The van der Waals surface area contributed by atoms with E-state index >= 15 is 0 Å². The lowest BCUT2D eigenvalue weighted by molar-refractivity contribution is 0.285. The third kappa shape index (κ3) is 7.68. The van der Waals surface area contributed by atoms with Gasteiger partial charge in [-0.2, -0.15) is 0 Å². The van der Waals surface area contributed by atoms with Crippen LogP contribution in [0.4, 0.5) is 0 Å². The fourth-order valence-electron chi connectivity index (χ4n) is 2.15. The van der Waals surface area contributed by atoms with Crippen molar-refractivity contribution in [2.45, 2.75) is 25.7 Å². The third-order valence-electron chi connectivity index (χ3n) is 3.31. The summed E-state index contributed by atoms with van der Waals surface area (Å²) in [5, 5.41) is 0. The molecule has 0 atom stereocenters. The molecule has 0 spiro atoms. The van der Waals surface area contributed by atoms with Crippen LogP contribution < -0.4 is 9.47 Å². The first kappa shape index (κ1) is 21.3. The number of halogens is 4. The molecule has 130 valence electrons. The highest BCUT2D eigenvalue weighted by Gasteiger charge is 2.07. The van der Waals surface area contributed by atoms with Gasteiger partial charge in [0.05, 0.1) is 20.4 Å². The van der Waals surface area contributed by atoms with Gasteiger partial charge in [-0.1, -0.05) is 6.07 Å². The average Bonchev–Trinajstić information content (AvgIpc) is 2.52. The van der Waals surface area contributed by atoms with Crippen molar-refractivity contribution in [2.24, 2.45) is 0 Å². The van der Waals surface area contributed by atoms with Gasteiger partial charge in [0.1, 0.15) is 11.5 Å². The van der Waals surface area contributed by atoms with Gasteiger partial charge in [-0.15, -0.1) is 0 Å². The molecule has 2 aromatic carbocycles. The predicted molar refractivity (Wildman–Crippen MR) is 133 cm³/mol. The van der Waals surface area contributed by atoms with E-state index in [9.17, 15) is 0 Å². The Balaban J connectivity index is 1.57. The number of hydrogen-bond donors (Lipinski definition) is 0. The molecule has 0 saturated heterocycles. The minimum atomic E-state index is 0.782. The van der Waals surface area contributed by atoms with Crippen LogP contribution in [0.5, 0.6) is 11.5 Å². The monoisotopic (exact) mass is 774 g/mol. The Morgan fingerprint density at radius 2 is 1.29 bits per heavy atom. The summed E-state index contributed by atoms with van der Waals surface area (Å²) in [5.41, 5.74) is 0. The molecule has 0 N–H and O–H groups in total. The summed E-state index contributed by atoms with van der Waals surface area (Å²) in [6.07, 6.45) is 4.52. The zero-order valence-corrected chi connectivity index (χ0v) is 21.7. The highest BCUT2D eigenvalue weighted by molar-refractivity contribution is 14.1. The summed E-state index contributed by atoms with van der Waals surface area (Å²) in [5.74, 6) is 1.99. The quantitative estimate of drug-likeness (QED) is 0.200. The van der Waals surface area contributed by atoms with Gasteiger partial charge >= 0.3 is 0 Å². The zero-order valence-electron chi connectivity index (χ0n) is 13.0. The molecule has 0 aromatic heterocycles. The second-order valence-corrected chi connectivity index (χ2v) is 10.1. The van der Waals surface area contributed by atoms with E-state index < -0.39 is 0 Å². The second-order valence-electron chi connectivity index (χ2n) is 5.27. The van der Waals surface area contributed by atoms with E-state index in [4.69, 9.17) is 9.47 Å². The van der Waals surface area contributed by atoms with Crippen LogP contribution in [0.1, 0.15) is 25.7 Å². The molecule has 0 aliphatic carbocycles. The van der Waals surface area contributed by atoms with Crippen LogP contribution in [0.25, 0.3) is 0 Å². The lowest BCUT2D eigenvalue weighted by Crippen LogP contribution is -2.02.